The summed E-state index contributed by atoms with van der Waals surface area (Å²) in [6, 6.07) is 0. The molecule has 0 saturated carbocycles. The van der Waals surface area contributed by atoms with Crippen LogP contribution < -0.4 is 5.32 Å². The molecule has 0 saturated heterocycles. The largest absolute Gasteiger partial charge is 0.373 e. The Labute approximate surface area is 73.2 Å². The Morgan fingerprint density at radius 1 is 1.42 bits per heavy atom. The molecule has 0 radical (unpaired) electrons. The minimum atomic E-state index is 0.962. The van der Waals surface area contributed by atoms with Crippen LogP contribution in [0.5, 0.6) is 0 Å². The zero-order valence-electron chi connectivity index (χ0n) is 7.89. The van der Waals surface area contributed by atoms with Crippen LogP contribution >= 0.6 is 0 Å². The Morgan fingerprint density at radius 3 is 2.75 bits per heavy atom. The lowest BCUT2D eigenvalue weighted by atomic mass is 10.1. The average molecular weight is 165 g/mol. The second-order valence-corrected chi connectivity index (χ2v) is 2.79. The van der Waals surface area contributed by atoms with Crippen molar-refractivity contribution in [3.8, 4) is 0 Å². The predicted molar refractivity (Wildman–Crippen MR) is 50.3 cm³/mol. The topological polar surface area (TPSA) is 37.8 Å². The van der Waals surface area contributed by atoms with Gasteiger partial charge in [0.05, 0.1) is 0 Å². The van der Waals surface area contributed by atoms with Crippen LogP contribution in [0.4, 0.5) is 5.82 Å². The van der Waals surface area contributed by atoms with E-state index >= 15 is 0 Å². The third kappa shape index (κ3) is 1.72. The number of aryl methyl sites for hydroxylation is 1. The number of anilines is 1. The van der Waals surface area contributed by atoms with Gasteiger partial charge in [-0.2, -0.15) is 0 Å². The van der Waals surface area contributed by atoms with E-state index in [2.05, 4.69) is 22.2 Å². The first-order chi connectivity index (χ1) is 5.79. The zero-order chi connectivity index (χ0) is 8.97. The summed E-state index contributed by atoms with van der Waals surface area (Å²) in [6.07, 6.45) is 3.77. The highest BCUT2D eigenvalue weighted by atomic mass is 15.0. The van der Waals surface area contributed by atoms with Gasteiger partial charge < -0.3 is 5.32 Å². The van der Waals surface area contributed by atoms with Crippen LogP contribution in [0.1, 0.15) is 24.6 Å². The molecule has 0 bridgehead atoms. The molecule has 0 spiro atoms. The molecule has 0 fully saturated rings. The third-order valence-corrected chi connectivity index (χ3v) is 1.90. The zero-order valence-corrected chi connectivity index (χ0v) is 7.89. The molecule has 3 nitrogen and oxygen atoms in total. The van der Waals surface area contributed by atoms with Crippen molar-refractivity contribution in [2.24, 2.45) is 0 Å². The van der Waals surface area contributed by atoms with Crippen molar-refractivity contribution in [1.82, 2.24) is 9.97 Å². The molecule has 1 aromatic heterocycles. The van der Waals surface area contributed by atoms with E-state index in [0.717, 1.165) is 24.4 Å². The van der Waals surface area contributed by atoms with Gasteiger partial charge in [0.25, 0.3) is 0 Å². The highest BCUT2D eigenvalue weighted by molar-refractivity contribution is 5.44. The van der Waals surface area contributed by atoms with Gasteiger partial charge in [-0.1, -0.05) is 13.3 Å². The van der Waals surface area contributed by atoms with Crippen LogP contribution in [0.15, 0.2) is 6.33 Å². The molecule has 0 aliphatic rings. The van der Waals surface area contributed by atoms with Crippen LogP contribution in [0.3, 0.4) is 0 Å². The normalized spacial score (nSPS) is 9.92. The molecule has 1 heterocycles. The van der Waals surface area contributed by atoms with E-state index in [-0.39, 0.29) is 0 Å². The maximum Gasteiger partial charge on any atom is 0.132 e. The van der Waals surface area contributed by atoms with E-state index in [9.17, 15) is 0 Å². The van der Waals surface area contributed by atoms with Crippen molar-refractivity contribution in [1.29, 1.82) is 0 Å². The van der Waals surface area contributed by atoms with Crippen molar-refractivity contribution in [2.45, 2.75) is 26.7 Å². The second-order valence-electron chi connectivity index (χ2n) is 2.79. The molecule has 1 N–H and O–H groups in total. The Bertz CT molecular complexity index is 258. The molecular weight excluding hydrogens is 150 g/mol. The standard InChI is InChI=1S/C9H15N3/c1-4-5-8-7(2)11-6-12-9(8)10-3/h6H,4-5H2,1-3H3,(H,10,11,12). The third-order valence-electron chi connectivity index (χ3n) is 1.90. The number of hydrogen-bond donors (Lipinski definition) is 1. The highest BCUT2D eigenvalue weighted by Gasteiger charge is 2.04. The Morgan fingerprint density at radius 2 is 2.17 bits per heavy atom. The van der Waals surface area contributed by atoms with Crippen LogP contribution in [0.25, 0.3) is 0 Å². The summed E-state index contributed by atoms with van der Waals surface area (Å²) in [4.78, 5) is 8.31. The van der Waals surface area contributed by atoms with Gasteiger partial charge in [-0.25, -0.2) is 9.97 Å². The molecule has 66 valence electrons. The number of nitrogens with one attached hydrogen (secondary N) is 1. The van der Waals surface area contributed by atoms with E-state index in [4.69, 9.17) is 0 Å². The molecule has 12 heavy (non-hydrogen) atoms. The summed E-state index contributed by atoms with van der Waals surface area (Å²) < 4.78 is 0. The highest BCUT2D eigenvalue weighted by Crippen LogP contribution is 2.15. The van der Waals surface area contributed by atoms with Gasteiger partial charge in [-0.15, -0.1) is 0 Å². The monoisotopic (exact) mass is 165 g/mol. The smallest absolute Gasteiger partial charge is 0.132 e. The summed E-state index contributed by atoms with van der Waals surface area (Å²) in [6.45, 7) is 4.18. The van der Waals surface area contributed by atoms with E-state index in [0.29, 0.717) is 0 Å². The molecule has 1 rings (SSSR count). The summed E-state index contributed by atoms with van der Waals surface area (Å²) >= 11 is 0. The van der Waals surface area contributed by atoms with Crippen molar-refractivity contribution in [3.63, 3.8) is 0 Å². The van der Waals surface area contributed by atoms with Crippen molar-refractivity contribution in [3.05, 3.63) is 17.6 Å². The Kier molecular flexibility index (Phi) is 3.02. The average Bonchev–Trinajstić information content (AvgIpc) is 2.09. The predicted octanol–water partition coefficient (Wildman–Crippen LogP) is 1.78. The van der Waals surface area contributed by atoms with Crippen molar-refractivity contribution < 1.29 is 0 Å². The first-order valence-corrected chi connectivity index (χ1v) is 4.27. The maximum atomic E-state index is 4.16. The lowest BCUT2D eigenvalue weighted by Gasteiger charge is -2.08. The van der Waals surface area contributed by atoms with Gasteiger partial charge >= 0.3 is 0 Å². The molecule has 0 unspecified atom stereocenters. The van der Waals surface area contributed by atoms with E-state index < -0.39 is 0 Å². The first-order valence-electron chi connectivity index (χ1n) is 4.27. The van der Waals surface area contributed by atoms with Crippen LogP contribution in [0, 0.1) is 6.92 Å². The lowest BCUT2D eigenvalue weighted by Crippen LogP contribution is -2.02. The van der Waals surface area contributed by atoms with Crippen LogP contribution in [-0.4, -0.2) is 17.0 Å². The van der Waals surface area contributed by atoms with Gasteiger partial charge in [-0.3, -0.25) is 0 Å². The lowest BCUT2D eigenvalue weighted by molar-refractivity contribution is 0.885. The number of rotatable bonds is 3. The summed E-state index contributed by atoms with van der Waals surface area (Å²) in [5.74, 6) is 0.962. The molecule has 0 aromatic carbocycles. The Balaban J connectivity index is 3.02. The van der Waals surface area contributed by atoms with Gasteiger partial charge in [0.2, 0.25) is 0 Å². The van der Waals surface area contributed by atoms with Crippen molar-refractivity contribution >= 4 is 5.82 Å². The van der Waals surface area contributed by atoms with Gasteiger partial charge in [0, 0.05) is 18.3 Å². The quantitative estimate of drug-likeness (QED) is 0.741. The molecule has 0 amide bonds. The molecule has 1 aromatic rings. The molecule has 0 atom stereocenters. The van der Waals surface area contributed by atoms with Crippen LogP contribution in [-0.2, 0) is 6.42 Å². The molecule has 3 heteroatoms. The molecular formula is C9H15N3. The van der Waals surface area contributed by atoms with Gasteiger partial charge in [0.1, 0.15) is 12.1 Å². The van der Waals surface area contributed by atoms with E-state index in [1.54, 1.807) is 6.33 Å². The second kappa shape index (κ2) is 4.04. The maximum absolute atomic E-state index is 4.16. The van der Waals surface area contributed by atoms with E-state index in [1.807, 2.05) is 14.0 Å². The van der Waals surface area contributed by atoms with Gasteiger partial charge in [0.15, 0.2) is 0 Å². The fourth-order valence-electron chi connectivity index (χ4n) is 1.27. The Hall–Kier alpha value is -1.12. The molecule has 0 aliphatic carbocycles. The number of aromatic nitrogens is 2. The fraction of sp³-hybridized carbons (Fsp3) is 0.556. The fourth-order valence-corrected chi connectivity index (χ4v) is 1.27. The molecule has 0 aliphatic heterocycles. The summed E-state index contributed by atoms with van der Waals surface area (Å²) in [5, 5.41) is 3.07. The van der Waals surface area contributed by atoms with E-state index in [1.165, 1.54) is 5.56 Å². The van der Waals surface area contributed by atoms with Crippen LogP contribution in [0.2, 0.25) is 0 Å². The van der Waals surface area contributed by atoms with Crippen molar-refractivity contribution in [2.75, 3.05) is 12.4 Å². The minimum Gasteiger partial charge on any atom is -0.373 e. The SMILES string of the molecule is CCCc1c(C)ncnc1NC. The van der Waals surface area contributed by atoms with Gasteiger partial charge in [-0.05, 0) is 13.3 Å². The minimum absolute atomic E-state index is 0.962. The first kappa shape index (κ1) is 8.97. The number of nitrogens with zero attached hydrogens (tertiary/aromatic N) is 2. The number of hydrogen-bond acceptors (Lipinski definition) is 3. The summed E-state index contributed by atoms with van der Waals surface area (Å²) in [7, 11) is 1.89. The summed E-state index contributed by atoms with van der Waals surface area (Å²) in [5.41, 5.74) is 2.32.